The molecule has 1 saturated heterocycles. The van der Waals surface area contributed by atoms with Gasteiger partial charge in [0.2, 0.25) is 0 Å². The minimum Gasteiger partial charge on any atom is -0.331 e. The molecule has 3 aromatic rings. The number of benzene rings is 2. The molecule has 150 valence electrons. The summed E-state index contributed by atoms with van der Waals surface area (Å²) in [5, 5.41) is 8.99. The molecule has 3 heterocycles. The highest BCUT2D eigenvalue weighted by atomic mass is 32.1. The van der Waals surface area contributed by atoms with Gasteiger partial charge in [-0.25, -0.2) is 9.18 Å². The molecule has 2 N–H and O–H groups in total. The van der Waals surface area contributed by atoms with Crippen molar-refractivity contribution in [2.45, 2.75) is 12.1 Å². The normalized spacial score (nSPS) is 20.3. The van der Waals surface area contributed by atoms with Crippen LogP contribution in [-0.4, -0.2) is 29.3 Å². The number of halogens is 1. The average molecular weight is 421 g/mol. The van der Waals surface area contributed by atoms with E-state index >= 15 is 0 Å². The SMILES string of the molecule is O=C1NC(=O)[C@](CN2Cc3ccc(F)cc3C2=O)(c2ccc(-c3ccsc3)cc2)N1. The van der Waals surface area contributed by atoms with Crippen LogP contribution in [0.1, 0.15) is 21.5 Å². The number of carbonyl (C=O) groups excluding carboxylic acids is 3. The Balaban J connectivity index is 1.50. The van der Waals surface area contributed by atoms with E-state index in [-0.39, 0.29) is 24.6 Å². The van der Waals surface area contributed by atoms with E-state index in [1.54, 1.807) is 29.5 Å². The van der Waals surface area contributed by atoms with Gasteiger partial charge >= 0.3 is 6.03 Å². The molecule has 1 atom stereocenters. The van der Waals surface area contributed by atoms with Crippen LogP contribution >= 0.6 is 11.3 Å². The van der Waals surface area contributed by atoms with E-state index in [9.17, 15) is 18.8 Å². The standard InChI is InChI=1S/C22H16FN3O3S/c23-17-6-3-14-10-26(19(27)18(14)9-17)12-22(20(28)24-21(29)25-22)16-4-1-13(2-5-16)15-7-8-30-11-15/h1-9,11H,10,12H2,(H2,24,25,28,29)/t22-/m0/s1. The molecule has 2 aliphatic rings. The highest BCUT2D eigenvalue weighted by Gasteiger charge is 2.50. The van der Waals surface area contributed by atoms with Crippen molar-refractivity contribution in [1.82, 2.24) is 15.5 Å². The molecule has 4 amide bonds. The van der Waals surface area contributed by atoms with E-state index in [4.69, 9.17) is 0 Å². The summed E-state index contributed by atoms with van der Waals surface area (Å²) in [6, 6.07) is 12.8. The van der Waals surface area contributed by atoms with E-state index in [1.807, 2.05) is 29.0 Å². The monoisotopic (exact) mass is 421 g/mol. The van der Waals surface area contributed by atoms with Gasteiger partial charge < -0.3 is 10.2 Å². The van der Waals surface area contributed by atoms with Crippen LogP contribution in [0.5, 0.6) is 0 Å². The number of rotatable bonds is 4. The number of thiophene rings is 1. The first kappa shape index (κ1) is 18.5. The van der Waals surface area contributed by atoms with Crippen molar-refractivity contribution in [3.05, 3.63) is 81.8 Å². The zero-order chi connectivity index (χ0) is 20.9. The smallest absolute Gasteiger partial charge is 0.322 e. The molecule has 0 radical (unpaired) electrons. The summed E-state index contributed by atoms with van der Waals surface area (Å²) >= 11 is 1.59. The molecule has 30 heavy (non-hydrogen) atoms. The predicted molar refractivity (Wildman–Crippen MR) is 109 cm³/mol. The van der Waals surface area contributed by atoms with E-state index < -0.39 is 23.3 Å². The van der Waals surface area contributed by atoms with E-state index in [0.717, 1.165) is 11.1 Å². The first-order valence-corrected chi connectivity index (χ1v) is 10.2. The number of urea groups is 1. The summed E-state index contributed by atoms with van der Waals surface area (Å²) in [6.07, 6.45) is 0. The fraction of sp³-hybridized carbons (Fsp3) is 0.136. The van der Waals surface area contributed by atoms with Gasteiger partial charge in [0.1, 0.15) is 5.82 Å². The zero-order valence-corrected chi connectivity index (χ0v) is 16.5. The maximum atomic E-state index is 13.6. The molecule has 2 aliphatic heterocycles. The van der Waals surface area contributed by atoms with Crippen LogP contribution in [0.2, 0.25) is 0 Å². The maximum absolute atomic E-state index is 13.6. The van der Waals surface area contributed by atoms with Crippen molar-refractivity contribution in [1.29, 1.82) is 0 Å². The van der Waals surface area contributed by atoms with Crippen molar-refractivity contribution < 1.29 is 18.8 Å². The number of imide groups is 1. The summed E-state index contributed by atoms with van der Waals surface area (Å²) in [6.45, 7) is 0.184. The van der Waals surface area contributed by atoms with Gasteiger partial charge in [-0.1, -0.05) is 30.3 Å². The molecule has 5 rings (SSSR count). The number of nitrogens with zero attached hydrogens (tertiary/aromatic N) is 1. The average Bonchev–Trinajstić information content (AvgIpc) is 3.43. The summed E-state index contributed by atoms with van der Waals surface area (Å²) in [7, 11) is 0. The maximum Gasteiger partial charge on any atom is 0.322 e. The Hall–Kier alpha value is -3.52. The second-order valence-corrected chi connectivity index (χ2v) is 8.15. The Labute approximate surface area is 175 Å². The third-order valence-electron chi connectivity index (χ3n) is 5.55. The van der Waals surface area contributed by atoms with Gasteiger partial charge in [0, 0.05) is 12.1 Å². The van der Waals surface area contributed by atoms with Crippen molar-refractivity contribution >= 4 is 29.2 Å². The molecule has 2 aromatic carbocycles. The van der Waals surface area contributed by atoms with E-state index in [0.29, 0.717) is 11.1 Å². The van der Waals surface area contributed by atoms with E-state index in [1.165, 1.54) is 17.0 Å². The second kappa shape index (κ2) is 6.77. The van der Waals surface area contributed by atoms with Crippen LogP contribution in [0, 0.1) is 5.82 Å². The Morgan fingerprint density at radius 2 is 1.83 bits per heavy atom. The van der Waals surface area contributed by atoms with Gasteiger partial charge in [0.25, 0.3) is 11.8 Å². The molecule has 1 aromatic heterocycles. The van der Waals surface area contributed by atoms with E-state index in [2.05, 4.69) is 10.6 Å². The van der Waals surface area contributed by atoms with Crippen LogP contribution in [-0.2, 0) is 16.9 Å². The summed E-state index contributed by atoms with van der Waals surface area (Å²) in [5.74, 6) is -1.38. The number of hydrogen-bond acceptors (Lipinski definition) is 4. The third kappa shape index (κ3) is 2.88. The van der Waals surface area contributed by atoms with Crippen LogP contribution in [0.3, 0.4) is 0 Å². The molecule has 0 unspecified atom stereocenters. The minimum atomic E-state index is -1.42. The first-order chi connectivity index (χ1) is 14.5. The largest absolute Gasteiger partial charge is 0.331 e. The molecule has 0 spiro atoms. The van der Waals surface area contributed by atoms with Gasteiger partial charge in [-0.2, -0.15) is 11.3 Å². The Morgan fingerprint density at radius 1 is 1.03 bits per heavy atom. The number of nitrogens with one attached hydrogen (secondary N) is 2. The fourth-order valence-corrected chi connectivity index (χ4v) is 4.69. The number of hydrogen-bond donors (Lipinski definition) is 2. The molecule has 0 aliphatic carbocycles. The van der Waals surface area contributed by atoms with Crippen molar-refractivity contribution in [2.24, 2.45) is 0 Å². The Bertz CT molecular complexity index is 1180. The van der Waals surface area contributed by atoms with Gasteiger partial charge in [-0.05, 0) is 51.2 Å². The third-order valence-corrected chi connectivity index (χ3v) is 6.24. The lowest BCUT2D eigenvalue weighted by atomic mass is 9.88. The molecular formula is C22H16FN3O3S. The summed E-state index contributed by atoms with van der Waals surface area (Å²) < 4.78 is 13.6. The lowest BCUT2D eigenvalue weighted by molar-refractivity contribution is -0.124. The summed E-state index contributed by atoms with van der Waals surface area (Å²) in [5.41, 5.74) is 2.17. The number of carbonyl (C=O) groups is 3. The van der Waals surface area contributed by atoms with Crippen LogP contribution in [0.15, 0.2) is 59.3 Å². The van der Waals surface area contributed by atoms with Crippen LogP contribution < -0.4 is 10.6 Å². The van der Waals surface area contributed by atoms with Crippen molar-refractivity contribution in [3.8, 4) is 11.1 Å². The lowest BCUT2D eigenvalue weighted by Crippen LogP contribution is -2.52. The zero-order valence-electron chi connectivity index (χ0n) is 15.6. The quantitative estimate of drug-likeness (QED) is 0.635. The van der Waals surface area contributed by atoms with Gasteiger partial charge in [-0.15, -0.1) is 0 Å². The lowest BCUT2D eigenvalue weighted by Gasteiger charge is -2.31. The molecule has 0 saturated carbocycles. The fourth-order valence-electron chi connectivity index (χ4n) is 4.02. The minimum absolute atomic E-state index is 0.0580. The number of fused-ring (bicyclic) bond motifs is 1. The molecule has 8 heteroatoms. The number of amides is 4. The molecule has 1 fully saturated rings. The molecule has 0 bridgehead atoms. The van der Waals surface area contributed by atoms with Crippen molar-refractivity contribution in [2.75, 3.05) is 6.54 Å². The van der Waals surface area contributed by atoms with Crippen LogP contribution in [0.4, 0.5) is 9.18 Å². The molecular weight excluding hydrogens is 405 g/mol. The predicted octanol–water partition coefficient (Wildman–Crippen LogP) is 3.24. The first-order valence-electron chi connectivity index (χ1n) is 9.31. The highest BCUT2D eigenvalue weighted by molar-refractivity contribution is 7.08. The van der Waals surface area contributed by atoms with Crippen LogP contribution in [0.25, 0.3) is 11.1 Å². The Morgan fingerprint density at radius 3 is 2.50 bits per heavy atom. The Kier molecular flexibility index (Phi) is 4.18. The second-order valence-electron chi connectivity index (χ2n) is 7.37. The van der Waals surface area contributed by atoms with Gasteiger partial charge in [0.15, 0.2) is 5.54 Å². The van der Waals surface area contributed by atoms with Crippen molar-refractivity contribution in [3.63, 3.8) is 0 Å². The topological polar surface area (TPSA) is 78.5 Å². The van der Waals surface area contributed by atoms with Gasteiger partial charge in [-0.3, -0.25) is 14.9 Å². The summed E-state index contributed by atoms with van der Waals surface area (Å²) in [4.78, 5) is 39.2. The molecule has 6 nitrogen and oxygen atoms in total. The van der Waals surface area contributed by atoms with Gasteiger partial charge in [0.05, 0.1) is 6.54 Å². The highest BCUT2D eigenvalue weighted by Crippen LogP contribution is 2.32.